The number of carboxylic acids is 1. The number of hydrogen-bond donors (Lipinski definition) is 2. The van der Waals surface area contributed by atoms with Crippen LogP contribution in [0.3, 0.4) is 0 Å². The average Bonchev–Trinajstić information content (AvgIpc) is 1.84. The topological polar surface area (TPSA) is 63.3 Å². The highest BCUT2D eigenvalue weighted by Gasteiger charge is 2.21. The van der Waals surface area contributed by atoms with E-state index in [1.54, 1.807) is 0 Å². The number of rotatable bonds is 3. The van der Waals surface area contributed by atoms with E-state index in [9.17, 15) is 4.79 Å². The first kappa shape index (κ1) is 9.43. The molecular weight excluding hydrogens is 130 g/mol. The molecule has 60 valence electrons. The third-order valence-electron chi connectivity index (χ3n) is 1.90. The molecule has 3 heteroatoms. The summed E-state index contributed by atoms with van der Waals surface area (Å²) < 4.78 is 0. The maximum atomic E-state index is 10.3. The van der Waals surface area contributed by atoms with Gasteiger partial charge in [-0.15, -0.1) is 0 Å². The molecule has 0 rings (SSSR count). The van der Waals surface area contributed by atoms with E-state index < -0.39 is 12.0 Å². The van der Waals surface area contributed by atoms with Gasteiger partial charge in [0.2, 0.25) is 0 Å². The van der Waals surface area contributed by atoms with Gasteiger partial charge in [-0.1, -0.05) is 20.8 Å². The number of carbonyl (C=O) groups is 1. The number of aliphatic carboxylic acids is 1. The molecule has 10 heavy (non-hydrogen) atoms. The van der Waals surface area contributed by atoms with Crippen LogP contribution in [-0.2, 0) is 4.79 Å². The number of hydrogen-bond acceptors (Lipinski definition) is 2. The summed E-state index contributed by atoms with van der Waals surface area (Å²) in [4.78, 5) is 10.3. The van der Waals surface area contributed by atoms with Gasteiger partial charge in [-0.2, -0.15) is 0 Å². The smallest absolute Gasteiger partial charge is 0.320 e. The molecule has 0 radical (unpaired) electrons. The van der Waals surface area contributed by atoms with Crippen LogP contribution in [0.1, 0.15) is 20.8 Å². The molecule has 0 aliphatic rings. The molecule has 0 aromatic carbocycles. The Balaban J connectivity index is 3.94. The highest BCUT2D eigenvalue weighted by atomic mass is 16.4. The molecule has 0 spiro atoms. The SMILES string of the molecule is CC(C)[C@H](C)[C@@H](N)C(=O)O. The van der Waals surface area contributed by atoms with Crippen molar-refractivity contribution in [3.8, 4) is 0 Å². The minimum Gasteiger partial charge on any atom is -0.480 e. The highest BCUT2D eigenvalue weighted by Crippen LogP contribution is 2.12. The molecule has 0 aliphatic heterocycles. The van der Waals surface area contributed by atoms with Crippen LogP contribution in [-0.4, -0.2) is 17.1 Å². The van der Waals surface area contributed by atoms with E-state index in [4.69, 9.17) is 10.8 Å². The second-order valence-corrected chi connectivity index (χ2v) is 2.97. The van der Waals surface area contributed by atoms with Gasteiger partial charge in [0.15, 0.2) is 0 Å². The van der Waals surface area contributed by atoms with Gasteiger partial charge in [0.1, 0.15) is 6.04 Å². The van der Waals surface area contributed by atoms with Crippen LogP contribution in [0, 0.1) is 11.8 Å². The molecule has 0 aromatic heterocycles. The summed E-state index contributed by atoms with van der Waals surface area (Å²) in [6, 6.07) is -0.722. The Bertz CT molecular complexity index is 123. The second-order valence-electron chi connectivity index (χ2n) is 2.97. The van der Waals surface area contributed by atoms with E-state index in [1.807, 2.05) is 20.8 Å². The quantitative estimate of drug-likeness (QED) is 0.614. The summed E-state index contributed by atoms with van der Waals surface area (Å²) in [6.45, 7) is 5.78. The van der Waals surface area contributed by atoms with Crippen LogP contribution in [0.4, 0.5) is 0 Å². The lowest BCUT2D eigenvalue weighted by atomic mass is 9.91. The van der Waals surface area contributed by atoms with Crippen LogP contribution in [0.2, 0.25) is 0 Å². The van der Waals surface area contributed by atoms with Gasteiger partial charge in [-0.25, -0.2) is 0 Å². The largest absolute Gasteiger partial charge is 0.480 e. The second kappa shape index (κ2) is 3.56. The molecule has 0 saturated carbocycles. The molecule has 0 heterocycles. The molecule has 0 aromatic rings. The van der Waals surface area contributed by atoms with Gasteiger partial charge in [0.25, 0.3) is 0 Å². The van der Waals surface area contributed by atoms with Gasteiger partial charge < -0.3 is 10.8 Å². The summed E-state index contributed by atoms with van der Waals surface area (Å²) in [5.74, 6) is -0.551. The molecule has 0 bridgehead atoms. The Kier molecular flexibility index (Phi) is 3.36. The van der Waals surface area contributed by atoms with Crippen molar-refractivity contribution in [3.63, 3.8) is 0 Å². The van der Waals surface area contributed by atoms with Crippen molar-refractivity contribution in [2.24, 2.45) is 17.6 Å². The van der Waals surface area contributed by atoms with Gasteiger partial charge in [-0.3, -0.25) is 4.79 Å². The lowest BCUT2D eigenvalue weighted by molar-refractivity contribution is -0.140. The molecule has 0 fully saturated rings. The first-order chi connectivity index (χ1) is 4.46. The zero-order valence-corrected chi connectivity index (χ0v) is 6.66. The zero-order valence-electron chi connectivity index (χ0n) is 6.66. The normalized spacial score (nSPS) is 16.9. The fraction of sp³-hybridized carbons (Fsp3) is 0.857. The standard InChI is InChI=1S/C7H15NO2/c1-4(2)5(3)6(8)7(9)10/h4-6H,8H2,1-3H3,(H,9,10)/t5-,6+/m0/s1. The molecule has 3 N–H and O–H groups in total. The monoisotopic (exact) mass is 145 g/mol. The maximum Gasteiger partial charge on any atom is 0.320 e. The van der Waals surface area contributed by atoms with E-state index in [1.165, 1.54) is 0 Å². The van der Waals surface area contributed by atoms with Crippen molar-refractivity contribution in [2.75, 3.05) is 0 Å². The van der Waals surface area contributed by atoms with Crippen LogP contribution in [0.5, 0.6) is 0 Å². The Hall–Kier alpha value is -0.570. The van der Waals surface area contributed by atoms with Crippen LogP contribution in [0.25, 0.3) is 0 Å². The lowest BCUT2D eigenvalue weighted by Gasteiger charge is -2.18. The molecule has 2 atom stereocenters. The first-order valence-electron chi connectivity index (χ1n) is 3.45. The molecule has 0 amide bonds. The highest BCUT2D eigenvalue weighted by molar-refractivity contribution is 5.73. The first-order valence-corrected chi connectivity index (χ1v) is 3.45. The molecule has 3 nitrogen and oxygen atoms in total. The van der Waals surface area contributed by atoms with Crippen molar-refractivity contribution in [2.45, 2.75) is 26.8 Å². The van der Waals surface area contributed by atoms with Crippen molar-refractivity contribution < 1.29 is 9.90 Å². The number of carboxylic acid groups (broad SMARTS) is 1. The summed E-state index contributed by atoms with van der Waals surface area (Å²) in [5, 5.41) is 8.48. The summed E-state index contributed by atoms with van der Waals surface area (Å²) in [5.41, 5.74) is 5.36. The van der Waals surface area contributed by atoms with Gasteiger partial charge in [0, 0.05) is 0 Å². The fourth-order valence-electron chi connectivity index (χ4n) is 0.640. The van der Waals surface area contributed by atoms with E-state index in [0.717, 1.165) is 0 Å². The van der Waals surface area contributed by atoms with Crippen molar-refractivity contribution in [1.29, 1.82) is 0 Å². The fourth-order valence-corrected chi connectivity index (χ4v) is 0.640. The van der Waals surface area contributed by atoms with Gasteiger partial charge in [-0.05, 0) is 11.8 Å². The van der Waals surface area contributed by atoms with E-state index in [0.29, 0.717) is 5.92 Å². The van der Waals surface area contributed by atoms with Gasteiger partial charge in [0.05, 0.1) is 0 Å². The third kappa shape index (κ3) is 2.35. The van der Waals surface area contributed by atoms with Crippen LogP contribution in [0.15, 0.2) is 0 Å². The summed E-state index contributed by atoms with van der Waals surface area (Å²) in [7, 11) is 0. The number of nitrogens with two attached hydrogens (primary N) is 1. The Morgan fingerprint density at radius 2 is 1.80 bits per heavy atom. The zero-order chi connectivity index (χ0) is 8.31. The Labute approximate surface area is 61.2 Å². The predicted molar refractivity (Wildman–Crippen MR) is 39.6 cm³/mol. The van der Waals surface area contributed by atoms with E-state index >= 15 is 0 Å². The van der Waals surface area contributed by atoms with Gasteiger partial charge >= 0.3 is 5.97 Å². The van der Waals surface area contributed by atoms with E-state index in [-0.39, 0.29) is 5.92 Å². The van der Waals surface area contributed by atoms with Crippen LogP contribution >= 0.6 is 0 Å². The summed E-state index contributed by atoms with van der Waals surface area (Å²) >= 11 is 0. The van der Waals surface area contributed by atoms with E-state index in [2.05, 4.69) is 0 Å². The Morgan fingerprint density at radius 3 is 1.90 bits per heavy atom. The van der Waals surface area contributed by atoms with Crippen molar-refractivity contribution >= 4 is 5.97 Å². The molecule has 0 unspecified atom stereocenters. The van der Waals surface area contributed by atoms with Crippen LogP contribution < -0.4 is 5.73 Å². The molecular formula is C7H15NO2. The van der Waals surface area contributed by atoms with Crippen molar-refractivity contribution in [3.05, 3.63) is 0 Å². The average molecular weight is 145 g/mol. The van der Waals surface area contributed by atoms with Crippen molar-refractivity contribution in [1.82, 2.24) is 0 Å². The third-order valence-corrected chi connectivity index (χ3v) is 1.90. The minimum atomic E-state index is -0.916. The predicted octanol–water partition coefficient (Wildman–Crippen LogP) is 0.690. The lowest BCUT2D eigenvalue weighted by Crippen LogP contribution is -2.38. The molecule has 0 aliphatic carbocycles. The Morgan fingerprint density at radius 1 is 1.40 bits per heavy atom. The minimum absolute atomic E-state index is 0.0394. The molecule has 0 saturated heterocycles. The maximum absolute atomic E-state index is 10.3. The summed E-state index contributed by atoms with van der Waals surface area (Å²) in [6.07, 6.45) is 0.